The van der Waals surface area contributed by atoms with E-state index in [-0.39, 0.29) is 49.3 Å². The van der Waals surface area contributed by atoms with Crippen LogP contribution in [0.5, 0.6) is 5.75 Å². The van der Waals surface area contributed by atoms with Crippen molar-refractivity contribution < 1.29 is 23.9 Å². The molecular formula is C23H35N5O5. The third-order valence-corrected chi connectivity index (χ3v) is 5.30. The normalized spacial score (nSPS) is 20.6. The van der Waals surface area contributed by atoms with Gasteiger partial charge in [0, 0.05) is 20.0 Å². The van der Waals surface area contributed by atoms with E-state index in [1.807, 2.05) is 19.0 Å². The van der Waals surface area contributed by atoms with Gasteiger partial charge in [-0.25, -0.2) is 0 Å². The van der Waals surface area contributed by atoms with E-state index in [0.29, 0.717) is 12.3 Å². The van der Waals surface area contributed by atoms with Crippen molar-refractivity contribution in [2.75, 3.05) is 47.4 Å². The summed E-state index contributed by atoms with van der Waals surface area (Å²) in [5.74, 6) is -1.08. The Kier molecular flexibility index (Phi) is 10.1. The summed E-state index contributed by atoms with van der Waals surface area (Å²) in [4.78, 5) is 54.2. The van der Waals surface area contributed by atoms with E-state index in [4.69, 9.17) is 4.74 Å². The SMILES string of the molecule is C[C@@H]1NC(=O)CC[C@@H](C(=O)NCCCN(C)C)NC(=O)c2ccccc2OCCN(C)C1=O. The van der Waals surface area contributed by atoms with Crippen LogP contribution in [0.25, 0.3) is 0 Å². The second-order valence-corrected chi connectivity index (χ2v) is 8.41. The molecule has 0 aromatic heterocycles. The maximum Gasteiger partial charge on any atom is 0.255 e. The quantitative estimate of drug-likeness (QED) is 0.531. The molecule has 1 aliphatic heterocycles. The number of nitrogens with one attached hydrogen (secondary N) is 3. The molecule has 1 aromatic rings. The Labute approximate surface area is 195 Å². The minimum Gasteiger partial charge on any atom is -0.491 e. The Morgan fingerprint density at radius 1 is 1.21 bits per heavy atom. The van der Waals surface area contributed by atoms with Gasteiger partial charge in [-0.1, -0.05) is 12.1 Å². The highest BCUT2D eigenvalue weighted by Crippen LogP contribution is 2.18. The molecule has 33 heavy (non-hydrogen) atoms. The highest BCUT2D eigenvalue weighted by molar-refractivity contribution is 5.99. The van der Waals surface area contributed by atoms with Crippen LogP contribution in [0.3, 0.4) is 0 Å². The number of amides is 4. The minimum absolute atomic E-state index is 0.0183. The summed E-state index contributed by atoms with van der Waals surface area (Å²) in [7, 11) is 5.52. The number of ether oxygens (including phenoxy) is 1. The first-order valence-corrected chi connectivity index (χ1v) is 11.2. The van der Waals surface area contributed by atoms with E-state index in [2.05, 4.69) is 16.0 Å². The summed E-state index contributed by atoms with van der Waals surface area (Å²) >= 11 is 0. The molecule has 1 aromatic carbocycles. The zero-order valence-electron chi connectivity index (χ0n) is 19.8. The average Bonchev–Trinajstić information content (AvgIpc) is 2.78. The molecule has 0 saturated carbocycles. The summed E-state index contributed by atoms with van der Waals surface area (Å²) < 4.78 is 5.76. The van der Waals surface area contributed by atoms with Crippen molar-refractivity contribution in [2.45, 2.75) is 38.3 Å². The number of carbonyl (C=O) groups is 4. The second-order valence-electron chi connectivity index (χ2n) is 8.41. The van der Waals surface area contributed by atoms with E-state index in [1.165, 1.54) is 4.90 Å². The second kappa shape index (κ2) is 12.8. The predicted octanol–water partition coefficient (Wildman–Crippen LogP) is -0.0114. The van der Waals surface area contributed by atoms with Crippen molar-refractivity contribution in [3.05, 3.63) is 29.8 Å². The first kappa shape index (κ1) is 26.1. The van der Waals surface area contributed by atoms with Crippen LogP contribution in [0.15, 0.2) is 24.3 Å². The van der Waals surface area contributed by atoms with Crippen LogP contribution in [0.1, 0.15) is 36.5 Å². The Hall–Kier alpha value is -3.14. The van der Waals surface area contributed by atoms with Crippen LogP contribution in [0, 0.1) is 0 Å². The van der Waals surface area contributed by atoms with Crippen LogP contribution < -0.4 is 20.7 Å². The van der Waals surface area contributed by atoms with E-state index < -0.39 is 18.0 Å². The Bertz CT molecular complexity index is 844. The summed E-state index contributed by atoms with van der Waals surface area (Å²) in [6, 6.07) is 5.10. The first-order chi connectivity index (χ1) is 15.7. The van der Waals surface area contributed by atoms with E-state index in [0.717, 1.165) is 13.0 Å². The third-order valence-electron chi connectivity index (χ3n) is 5.30. The minimum atomic E-state index is -0.908. The van der Waals surface area contributed by atoms with Gasteiger partial charge >= 0.3 is 0 Å². The van der Waals surface area contributed by atoms with Crippen LogP contribution in [-0.4, -0.2) is 92.9 Å². The molecule has 2 atom stereocenters. The van der Waals surface area contributed by atoms with Gasteiger partial charge in [0.15, 0.2) is 0 Å². The molecule has 182 valence electrons. The fourth-order valence-corrected chi connectivity index (χ4v) is 3.40. The molecule has 1 aliphatic rings. The third kappa shape index (κ3) is 8.38. The van der Waals surface area contributed by atoms with Gasteiger partial charge in [0.05, 0.1) is 12.1 Å². The van der Waals surface area contributed by atoms with Gasteiger partial charge in [-0.15, -0.1) is 0 Å². The van der Waals surface area contributed by atoms with Crippen LogP contribution >= 0.6 is 0 Å². The number of nitrogens with zero attached hydrogens (tertiary/aromatic N) is 2. The zero-order valence-corrected chi connectivity index (χ0v) is 19.8. The summed E-state index contributed by atoms with van der Waals surface area (Å²) in [6.07, 6.45) is 0.829. The van der Waals surface area contributed by atoms with Gasteiger partial charge in [0.2, 0.25) is 17.7 Å². The predicted molar refractivity (Wildman–Crippen MR) is 124 cm³/mol. The maximum absolute atomic E-state index is 13.0. The van der Waals surface area contributed by atoms with Crippen molar-refractivity contribution in [3.8, 4) is 5.75 Å². The average molecular weight is 462 g/mol. The lowest BCUT2D eigenvalue weighted by Crippen LogP contribution is -2.48. The van der Waals surface area contributed by atoms with Gasteiger partial charge in [-0.3, -0.25) is 19.2 Å². The maximum atomic E-state index is 13.0. The molecule has 0 aliphatic carbocycles. The molecule has 1 heterocycles. The van der Waals surface area contributed by atoms with E-state index in [1.54, 1.807) is 38.2 Å². The Balaban J connectivity index is 2.20. The number of rotatable bonds is 5. The monoisotopic (exact) mass is 461 g/mol. The fraction of sp³-hybridized carbons (Fsp3) is 0.565. The standard InChI is InChI=1S/C23H35N5O5/c1-16-23(32)28(4)14-15-33-19-9-6-5-8-17(19)21(30)26-18(10-11-20(29)25-16)22(31)24-12-7-13-27(2)3/h5-6,8-9,16,18H,7,10-15H2,1-4H3,(H,24,31)(H,25,29)(H,26,30)/t16-,18-/m0/s1. The summed E-state index contributed by atoms with van der Waals surface area (Å²) in [5, 5.41) is 8.23. The van der Waals surface area contributed by atoms with E-state index >= 15 is 0 Å². The van der Waals surface area contributed by atoms with Crippen molar-refractivity contribution in [1.29, 1.82) is 0 Å². The number of para-hydroxylation sites is 1. The number of hydrogen-bond donors (Lipinski definition) is 3. The summed E-state index contributed by atoms with van der Waals surface area (Å²) in [6.45, 7) is 3.33. The molecule has 2 rings (SSSR count). The lowest BCUT2D eigenvalue weighted by Gasteiger charge is -2.22. The van der Waals surface area contributed by atoms with Gasteiger partial charge < -0.3 is 30.5 Å². The molecule has 3 N–H and O–H groups in total. The topological polar surface area (TPSA) is 120 Å². The number of fused-ring (bicyclic) bond motifs is 1. The van der Waals surface area contributed by atoms with E-state index in [9.17, 15) is 19.2 Å². The Morgan fingerprint density at radius 3 is 2.67 bits per heavy atom. The molecule has 4 amide bonds. The van der Waals surface area contributed by atoms with Crippen molar-refractivity contribution in [1.82, 2.24) is 25.8 Å². The molecule has 0 radical (unpaired) electrons. The lowest BCUT2D eigenvalue weighted by atomic mass is 10.1. The van der Waals surface area contributed by atoms with Crippen molar-refractivity contribution >= 4 is 23.6 Å². The lowest BCUT2D eigenvalue weighted by molar-refractivity contribution is -0.135. The van der Waals surface area contributed by atoms with Crippen LogP contribution in [0.2, 0.25) is 0 Å². The molecule has 0 spiro atoms. The number of likely N-dealkylation sites (N-methyl/N-ethyl adjacent to an activating group) is 1. The highest BCUT2D eigenvalue weighted by Gasteiger charge is 2.26. The van der Waals surface area contributed by atoms with Gasteiger partial charge in [0.25, 0.3) is 5.91 Å². The van der Waals surface area contributed by atoms with Crippen molar-refractivity contribution in [3.63, 3.8) is 0 Å². The molecular weight excluding hydrogens is 426 g/mol. The molecule has 0 bridgehead atoms. The Morgan fingerprint density at radius 2 is 1.94 bits per heavy atom. The number of benzene rings is 1. The largest absolute Gasteiger partial charge is 0.491 e. The van der Waals surface area contributed by atoms with Gasteiger partial charge in [-0.2, -0.15) is 0 Å². The number of hydrogen-bond acceptors (Lipinski definition) is 6. The van der Waals surface area contributed by atoms with Gasteiger partial charge in [0.1, 0.15) is 24.4 Å². The smallest absolute Gasteiger partial charge is 0.255 e. The molecule has 0 saturated heterocycles. The van der Waals surface area contributed by atoms with Crippen LogP contribution in [-0.2, 0) is 14.4 Å². The highest BCUT2D eigenvalue weighted by atomic mass is 16.5. The molecule has 0 unspecified atom stereocenters. The summed E-state index contributed by atoms with van der Waals surface area (Å²) in [5.41, 5.74) is 0.282. The van der Waals surface area contributed by atoms with Gasteiger partial charge in [-0.05, 0) is 52.5 Å². The number of carbonyl (C=O) groups excluding carboxylic acids is 4. The fourth-order valence-electron chi connectivity index (χ4n) is 3.40. The van der Waals surface area contributed by atoms with Crippen LogP contribution in [0.4, 0.5) is 0 Å². The molecule has 0 fully saturated rings. The molecule has 10 nitrogen and oxygen atoms in total. The van der Waals surface area contributed by atoms with Crippen molar-refractivity contribution in [2.24, 2.45) is 0 Å². The first-order valence-electron chi connectivity index (χ1n) is 11.2. The zero-order chi connectivity index (χ0) is 24.4. The molecule has 10 heteroatoms.